The molecule has 0 saturated carbocycles. The van der Waals surface area contributed by atoms with Gasteiger partial charge in [0.05, 0.1) is 45.7 Å². The molecule has 6 nitrogen and oxygen atoms in total. The summed E-state index contributed by atoms with van der Waals surface area (Å²) in [5.41, 5.74) is 0. The molecule has 0 aliphatic heterocycles. The number of hydrogen-bond acceptors (Lipinski definition) is 6. The van der Waals surface area contributed by atoms with Crippen LogP contribution in [0, 0.1) is 0 Å². The van der Waals surface area contributed by atoms with Crippen LogP contribution in [0.4, 0.5) is 0 Å². The average Bonchev–Trinajstić information content (AvgIpc) is 2.67. The molecule has 0 fully saturated rings. The van der Waals surface area contributed by atoms with Gasteiger partial charge in [0.15, 0.2) is 6.29 Å². The van der Waals surface area contributed by atoms with Gasteiger partial charge in [0.25, 0.3) is 0 Å². The first kappa shape index (κ1) is 25.7. The smallest absolute Gasteiger partial charge is 0.186 e. The van der Waals surface area contributed by atoms with Crippen molar-refractivity contribution in [1.82, 2.24) is 0 Å². The van der Waals surface area contributed by atoms with Gasteiger partial charge >= 0.3 is 0 Å². The van der Waals surface area contributed by atoms with Crippen LogP contribution in [0.5, 0.6) is 0 Å². The van der Waals surface area contributed by atoms with E-state index in [0.29, 0.717) is 46.2 Å². The second-order valence-electron chi connectivity index (χ2n) is 5.64. The highest BCUT2D eigenvalue weighted by Gasteiger charge is 2.30. The quantitative estimate of drug-likeness (QED) is 0.182. The molecular formula is C21H36O6. The van der Waals surface area contributed by atoms with Crippen molar-refractivity contribution in [3.63, 3.8) is 0 Å². The zero-order chi connectivity index (χ0) is 20.3. The molecule has 0 radical (unpaired) electrons. The maximum Gasteiger partial charge on any atom is 0.186 e. The Bertz CT molecular complexity index is 398. The highest BCUT2D eigenvalue weighted by Crippen LogP contribution is 2.15. The van der Waals surface area contributed by atoms with E-state index < -0.39 is 12.4 Å². The molecule has 27 heavy (non-hydrogen) atoms. The molecule has 0 aromatic carbocycles. The Hall–Kier alpha value is -1.28. The van der Waals surface area contributed by atoms with Crippen LogP contribution in [0.15, 0.2) is 50.6 Å². The van der Waals surface area contributed by atoms with Gasteiger partial charge in [0.2, 0.25) is 0 Å². The van der Waals surface area contributed by atoms with E-state index >= 15 is 0 Å². The van der Waals surface area contributed by atoms with Crippen molar-refractivity contribution in [1.29, 1.82) is 0 Å². The molecule has 0 aliphatic rings. The predicted octanol–water partition coefficient (Wildman–Crippen LogP) is 3.30. The van der Waals surface area contributed by atoms with E-state index in [9.17, 15) is 0 Å². The SMILES string of the molecule is C=CCOCC(OC(OCC=C)[C@H](COCC=C)OCC)[C@H](C)OCC=C. The van der Waals surface area contributed by atoms with Gasteiger partial charge in [-0.1, -0.05) is 24.3 Å². The molecule has 6 heteroatoms. The second kappa shape index (κ2) is 18.1. The predicted molar refractivity (Wildman–Crippen MR) is 108 cm³/mol. The Morgan fingerprint density at radius 3 is 1.74 bits per heavy atom. The van der Waals surface area contributed by atoms with Gasteiger partial charge in [-0.05, 0) is 13.8 Å². The van der Waals surface area contributed by atoms with Gasteiger partial charge in [-0.3, -0.25) is 0 Å². The van der Waals surface area contributed by atoms with Crippen LogP contribution >= 0.6 is 0 Å². The molecule has 4 atom stereocenters. The molecule has 0 saturated heterocycles. The van der Waals surface area contributed by atoms with Crippen molar-refractivity contribution < 1.29 is 28.4 Å². The minimum atomic E-state index is -0.667. The van der Waals surface area contributed by atoms with E-state index in [-0.39, 0.29) is 12.2 Å². The monoisotopic (exact) mass is 384 g/mol. The fourth-order valence-corrected chi connectivity index (χ4v) is 2.14. The lowest BCUT2D eigenvalue weighted by Gasteiger charge is -2.32. The topological polar surface area (TPSA) is 55.4 Å². The second-order valence-corrected chi connectivity index (χ2v) is 5.64. The van der Waals surface area contributed by atoms with E-state index in [1.165, 1.54) is 0 Å². The fraction of sp³-hybridized carbons (Fsp3) is 0.619. The normalized spacial score (nSPS) is 15.5. The van der Waals surface area contributed by atoms with Crippen LogP contribution in [-0.4, -0.2) is 70.9 Å². The molecule has 156 valence electrons. The van der Waals surface area contributed by atoms with Gasteiger partial charge in [0, 0.05) is 6.61 Å². The van der Waals surface area contributed by atoms with E-state index in [1.807, 2.05) is 13.8 Å². The van der Waals surface area contributed by atoms with Gasteiger partial charge in [-0.25, -0.2) is 0 Å². The summed E-state index contributed by atoms with van der Waals surface area (Å²) in [6.07, 6.45) is 5.02. The third kappa shape index (κ3) is 12.7. The van der Waals surface area contributed by atoms with E-state index in [0.717, 1.165) is 0 Å². The number of ether oxygens (including phenoxy) is 6. The van der Waals surface area contributed by atoms with Crippen molar-refractivity contribution >= 4 is 0 Å². The highest BCUT2D eigenvalue weighted by atomic mass is 16.7. The standard InChI is InChI=1S/C21H36O6/c1-7-12-22-16-19(18(6)25-14-9-3)27-21(26-15-10-4)20(24-11-5)17-23-13-8-2/h7-10,18-21H,1-4,11-17H2,5-6H3/t18-,19?,20-,21?/m0/s1. The lowest BCUT2D eigenvalue weighted by atomic mass is 10.2. The summed E-state index contributed by atoms with van der Waals surface area (Å²) in [6, 6.07) is 0. The minimum Gasteiger partial charge on any atom is -0.375 e. The summed E-state index contributed by atoms with van der Waals surface area (Å²) in [5, 5.41) is 0. The van der Waals surface area contributed by atoms with E-state index in [2.05, 4.69) is 26.3 Å². The molecule has 0 amide bonds. The lowest BCUT2D eigenvalue weighted by molar-refractivity contribution is -0.251. The molecular weight excluding hydrogens is 348 g/mol. The van der Waals surface area contributed by atoms with Gasteiger partial charge in [0.1, 0.15) is 12.2 Å². The van der Waals surface area contributed by atoms with E-state index in [1.54, 1.807) is 24.3 Å². The molecule has 0 aromatic rings. The first-order chi connectivity index (χ1) is 13.1. The largest absolute Gasteiger partial charge is 0.375 e. The number of rotatable bonds is 20. The van der Waals surface area contributed by atoms with Crippen molar-refractivity contribution in [2.24, 2.45) is 0 Å². The molecule has 0 N–H and O–H groups in total. The van der Waals surface area contributed by atoms with Crippen LogP contribution in [0.25, 0.3) is 0 Å². The summed E-state index contributed by atoms with van der Waals surface area (Å²) >= 11 is 0. The molecule has 0 aliphatic carbocycles. The number of hydrogen-bond donors (Lipinski definition) is 0. The van der Waals surface area contributed by atoms with E-state index in [4.69, 9.17) is 28.4 Å². The van der Waals surface area contributed by atoms with Crippen LogP contribution in [0.1, 0.15) is 13.8 Å². The van der Waals surface area contributed by atoms with Crippen molar-refractivity contribution in [2.45, 2.75) is 38.4 Å². The maximum atomic E-state index is 6.18. The fourth-order valence-electron chi connectivity index (χ4n) is 2.14. The molecule has 0 aromatic heterocycles. The Balaban J connectivity index is 5.14. The van der Waals surface area contributed by atoms with Crippen LogP contribution in [0.3, 0.4) is 0 Å². The van der Waals surface area contributed by atoms with Crippen molar-refractivity contribution in [2.75, 3.05) is 46.2 Å². The molecule has 0 heterocycles. The highest BCUT2D eigenvalue weighted by molar-refractivity contribution is 4.76. The van der Waals surface area contributed by atoms with Gasteiger partial charge in [-0.2, -0.15) is 0 Å². The minimum absolute atomic E-state index is 0.237. The summed E-state index contributed by atoms with van der Waals surface area (Å²) in [6.45, 7) is 21.2. The first-order valence-corrected chi connectivity index (χ1v) is 9.23. The van der Waals surface area contributed by atoms with Gasteiger partial charge in [-0.15, -0.1) is 26.3 Å². The molecule has 0 spiro atoms. The summed E-state index contributed by atoms with van der Waals surface area (Å²) in [4.78, 5) is 0. The third-order valence-corrected chi connectivity index (χ3v) is 3.41. The van der Waals surface area contributed by atoms with Crippen LogP contribution in [-0.2, 0) is 28.4 Å². The Morgan fingerprint density at radius 2 is 1.22 bits per heavy atom. The third-order valence-electron chi connectivity index (χ3n) is 3.41. The average molecular weight is 385 g/mol. The maximum absolute atomic E-state index is 6.18. The summed E-state index contributed by atoms with van der Waals surface area (Å²) < 4.78 is 34.6. The summed E-state index contributed by atoms with van der Waals surface area (Å²) in [7, 11) is 0. The van der Waals surface area contributed by atoms with Crippen LogP contribution in [0.2, 0.25) is 0 Å². The van der Waals surface area contributed by atoms with Crippen molar-refractivity contribution in [3.05, 3.63) is 50.6 Å². The Labute approximate surface area is 164 Å². The van der Waals surface area contributed by atoms with Crippen LogP contribution < -0.4 is 0 Å². The molecule has 0 rings (SSSR count). The molecule has 0 bridgehead atoms. The Kier molecular flexibility index (Phi) is 17.2. The first-order valence-electron chi connectivity index (χ1n) is 9.23. The lowest BCUT2D eigenvalue weighted by Crippen LogP contribution is -2.45. The van der Waals surface area contributed by atoms with Gasteiger partial charge < -0.3 is 28.4 Å². The zero-order valence-corrected chi connectivity index (χ0v) is 16.8. The molecule has 2 unspecified atom stereocenters. The zero-order valence-electron chi connectivity index (χ0n) is 16.8. The van der Waals surface area contributed by atoms with Crippen molar-refractivity contribution in [3.8, 4) is 0 Å². The Morgan fingerprint density at radius 1 is 0.704 bits per heavy atom. The summed E-state index contributed by atoms with van der Waals surface area (Å²) in [5.74, 6) is 0.